The van der Waals surface area contributed by atoms with Crippen molar-refractivity contribution >= 4 is 75.1 Å². The van der Waals surface area contributed by atoms with Crippen molar-refractivity contribution in [3.8, 4) is 0 Å². The molecular formula is C33H32B6F2O9S. The Bertz CT molecular complexity index is 1850. The SMILES string of the molecule is [B]Cc1cc(C[B])c(C[B])c(C(=O)OC23CC4CC(OC(=O)c5c(C[B])ccc(C[B])c5C[B])(C2)CC(C(=O)OCC(F)(F)S(=O)(=O)O)(C4)C3)c1. The minimum Gasteiger partial charge on any atom is -0.458 e. The van der Waals surface area contributed by atoms with Gasteiger partial charge >= 0.3 is 33.3 Å². The van der Waals surface area contributed by atoms with E-state index in [1.54, 1.807) is 18.2 Å². The summed E-state index contributed by atoms with van der Waals surface area (Å²) in [5.41, 5.74) is -1.37. The lowest BCUT2D eigenvalue weighted by atomic mass is 9.46. The van der Waals surface area contributed by atoms with E-state index in [9.17, 15) is 31.6 Å². The van der Waals surface area contributed by atoms with Crippen LogP contribution < -0.4 is 0 Å². The van der Waals surface area contributed by atoms with Gasteiger partial charge in [-0.3, -0.25) is 9.35 Å². The summed E-state index contributed by atoms with van der Waals surface area (Å²) in [4.78, 5) is 42.0. The molecule has 2 aromatic rings. The van der Waals surface area contributed by atoms with Crippen molar-refractivity contribution in [2.45, 2.75) is 92.9 Å². The smallest absolute Gasteiger partial charge is 0.402 e. The lowest BCUT2D eigenvalue weighted by molar-refractivity contribution is -0.238. The molecule has 4 unspecified atom stereocenters. The summed E-state index contributed by atoms with van der Waals surface area (Å²) < 4.78 is 77.4. The highest BCUT2D eigenvalue weighted by Crippen LogP contribution is 2.66. The van der Waals surface area contributed by atoms with Crippen molar-refractivity contribution in [1.82, 2.24) is 0 Å². The average molecular weight is 708 g/mol. The molecule has 6 rings (SSSR count). The van der Waals surface area contributed by atoms with Gasteiger partial charge in [0, 0.05) is 19.3 Å². The molecule has 4 saturated carbocycles. The van der Waals surface area contributed by atoms with Gasteiger partial charge in [0.25, 0.3) is 0 Å². The molecule has 0 amide bonds. The third-order valence-electron chi connectivity index (χ3n) is 10.4. The molecule has 1 N–H and O–H groups in total. The molecule has 0 aliphatic heterocycles. The summed E-state index contributed by atoms with van der Waals surface area (Å²) in [5, 5.41) is -4.79. The molecule has 0 saturated heterocycles. The van der Waals surface area contributed by atoms with Crippen LogP contribution in [0.25, 0.3) is 0 Å². The van der Waals surface area contributed by atoms with Crippen LogP contribution in [0.2, 0.25) is 0 Å². The first kappa shape index (κ1) is 39.2. The maximum Gasteiger partial charge on any atom is 0.402 e. The van der Waals surface area contributed by atoms with Crippen molar-refractivity contribution in [1.29, 1.82) is 0 Å². The molecule has 4 aliphatic carbocycles. The van der Waals surface area contributed by atoms with Gasteiger partial charge in [-0.1, -0.05) is 72.8 Å². The van der Waals surface area contributed by atoms with Crippen LogP contribution in [0.3, 0.4) is 0 Å². The molecule has 4 fully saturated rings. The van der Waals surface area contributed by atoms with Crippen molar-refractivity contribution in [3.05, 3.63) is 68.8 Å². The number of alkyl halides is 2. The highest BCUT2D eigenvalue weighted by atomic mass is 32.2. The molecule has 0 aromatic heterocycles. The summed E-state index contributed by atoms with van der Waals surface area (Å²) in [5.74, 6) is -3.27. The Morgan fingerprint density at radius 1 is 0.765 bits per heavy atom. The van der Waals surface area contributed by atoms with Crippen LogP contribution in [0.4, 0.5) is 8.78 Å². The lowest BCUT2D eigenvalue weighted by Crippen LogP contribution is -2.67. The van der Waals surface area contributed by atoms with Crippen molar-refractivity contribution in [2.75, 3.05) is 6.61 Å². The number of hydrogen-bond acceptors (Lipinski definition) is 8. The van der Waals surface area contributed by atoms with Gasteiger partial charge in [0.2, 0.25) is 0 Å². The molecule has 9 nitrogen and oxygen atoms in total. The van der Waals surface area contributed by atoms with Gasteiger partial charge in [0.05, 0.1) is 63.6 Å². The lowest BCUT2D eigenvalue weighted by Gasteiger charge is -2.63. The first-order valence-electron chi connectivity index (χ1n) is 16.4. The topological polar surface area (TPSA) is 133 Å². The fraction of sp³-hybridized carbons (Fsp3) is 0.545. The number of hydrogen-bond donors (Lipinski definition) is 1. The summed E-state index contributed by atoms with van der Waals surface area (Å²) in [6.45, 7) is -1.96. The van der Waals surface area contributed by atoms with E-state index in [0.29, 0.717) is 33.4 Å². The second kappa shape index (κ2) is 14.4. The van der Waals surface area contributed by atoms with Crippen LogP contribution >= 0.6 is 0 Å². The Morgan fingerprint density at radius 3 is 1.86 bits per heavy atom. The minimum absolute atomic E-state index is 0.0478. The maximum absolute atomic E-state index is 14.2. The number of rotatable bonds is 14. The van der Waals surface area contributed by atoms with Crippen LogP contribution in [-0.2, 0) is 67.0 Å². The van der Waals surface area contributed by atoms with E-state index in [-0.39, 0.29) is 87.6 Å². The van der Waals surface area contributed by atoms with Crippen molar-refractivity contribution in [2.24, 2.45) is 11.3 Å². The molecule has 256 valence electrons. The highest BCUT2D eigenvalue weighted by molar-refractivity contribution is 7.86. The zero-order valence-corrected chi connectivity index (χ0v) is 28.7. The van der Waals surface area contributed by atoms with Gasteiger partial charge in [-0.05, 0) is 47.9 Å². The number of halogens is 2. The third-order valence-corrected chi connectivity index (χ3v) is 11.3. The molecule has 18 heteroatoms. The van der Waals surface area contributed by atoms with Crippen molar-refractivity contribution in [3.63, 3.8) is 0 Å². The number of benzene rings is 2. The van der Waals surface area contributed by atoms with Crippen LogP contribution in [0.1, 0.15) is 92.6 Å². The largest absolute Gasteiger partial charge is 0.458 e. The van der Waals surface area contributed by atoms with Gasteiger partial charge in [0.15, 0.2) is 6.61 Å². The summed E-state index contributed by atoms with van der Waals surface area (Å²) in [6.07, 6.45) is 0.0811. The molecule has 2 aromatic carbocycles. The second-order valence-electron chi connectivity index (χ2n) is 13.9. The third kappa shape index (κ3) is 7.33. The van der Waals surface area contributed by atoms with E-state index >= 15 is 0 Å². The van der Waals surface area contributed by atoms with Crippen LogP contribution in [0, 0.1) is 11.3 Å². The van der Waals surface area contributed by atoms with E-state index in [2.05, 4.69) is 0 Å². The zero-order chi connectivity index (χ0) is 37.6. The fourth-order valence-corrected chi connectivity index (χ4v) is 8.91. The molecule has 12 radical (unpaired) electrons. The van der Waals surface area contributed by atoms with E-state index in [0.717, 1.165) is 0 Å². The van der Waals surface area contributed by atoms with Gasteiger partial charge in [0.1, 0.15) is 11.2 Å². The average Bonchev–Trinajstić information content (AvgIpc) is 3.07. The number of carbonyl (C=O) groups excluding carboxylic acids is 3. The molecule has 4 atom stereocenters. The Morgan fingerprint density at radius 2 is 1.33 bits per heavy atom. The first-order chi connectivity index (χ1) is 23.9. The van der Waals surface area contributed by atoms with Crippen LogP contribution in [0.5, 0.6) is 0 Å². The highest BCUT2D eigenvalue weighted by Gasteiger charge is 2.70. The molecular weight excluding hydrogens is 675 g/mol. The summed E-state index contributed by atoms with van der Waals surface area (Å²) >= 11 is 0. The van der Waals surface area contributed by atoms with Gasteiger partial charge in [-0.25, -0.2) is 9.59 Å². The van der Waals surface area contributed by atoms with Crippen molar-refractivity contribution < 1.29 is 50.3 Å². The Balaban J connectivity index is 1.57. The number of ether oxygens (including phenoxy) is 3. The predicted molar refractivity (Wildman–Crippen MR) is 187 cm³/mol. The van der Waals surface area contributed by atoms with E-state index < -0.39 is 62.4 Å². The standard InChI is InChI=1S/C33H32B6F2O9S/c34-8-18-3-22(11-37)24(12-38)23(4-18)27(42)49-31-6-19-5-30(14-31,29(44)48-17-33(40,41)51(45,46)47)15-32(7-19,16-31)50-28(43)26-21(10-36)2-1-20(9-35)25(26)13-39/h1-4,19H,5-17H2,(H,45,46,47). The normalized spacial score (nSPS) is 25.4. The molecule has 4 aliphatic rings. The fourth-order valence-electron chi connectivity index (χ4n) is 8.70. The minimum atomic E-state index is -5.92. The first-order valence-corrected chi connectivity index (χ1v) is 17.9. The van der Waals surface area contributed by atoms with E-state index in [4.69, 9.17) is 65.8 Å². The zero-order valence-electron chi connectivity index (χ0n) is 27.9. The molecule has 4 bridgehead atoms. The summed E-state index contributed by atoms with van der Waals surface area (Å²) in [7, 11) is 29.8. The molecule has 51 heavy (non-hydrogen) atoms. The molecule has 0 heterocycles. The Labute approximate surface area is 304 Å². The van der Waals surface area contributed by atoms with Crippen LogP contribution in [0.15, 0.2) is 24.3 Å². The summed E-state index contributed by atoms with van der Waals surface area (Å²) in [6, 6.07) is 6.61. The quantitative estimate of drug-likeness (QED) is 0.136. The van der Waals surface area contributed by atoms with Gasteiger partial charge in [-0.2, -0.15) is 17.2 Å². The van der Waals surface area contributed by atoms with E-state index in [1.165, 1.54) is 6.07 Å². The predicted octanol–water partition coefficient (Wildman–Crippen LogP) is 2.20. The van der Waals surface area contributed by atoms with Gasteiger partial charge in [-0.15, -0.1) is 0 Å². The Kier molecular flexibility index (Phi) is 11.1. The van der Waals surface area contributed by atoms with E-state index in [1.807, 2.05) is 0 Å². The van der Waals surface area contributed by atoms with Gasteiger partial charge < -0.3 is 14.2 Å². The monoisotopic (exact) mass is 708 g/mol. The van der Waals surface area contributed by atoms with Crippen LogP contribution in [-0.4, -0.2) is 101 Å². The molecule has 0 spiro atoms. The second-order valence-corrected chi connectivity index (χ2v) is 15.4. The number of carbonyl (C=O) groups is 3. The number of esters is 3. The maximum atomic E-state index is 14.2. The Hall–Kier alpha value is -2.99.